The largest absolute Gasteiger partial charge is 0.446 e. The van der Waals surface area contributed by atoms with Gasteiger partial charge in [-0.15, -0.1) is 0 Å². The average molecular weight is 607 g/mol. The van der Waals surface area contributed by atoms with E-state index in [1.807, 2.05) is 9.36 Å². The minimum atomic E-state index is -0.376. The van der Waals surface area contributed by atoms with Gasteiger partial charge in [0.25, 0.3) is 0 Å². The van der Waals surface area contributed by atoms with E-state index in [1.54, 1.807) is 0 Å². The Balaban J connectivity index is 1.28. The van der Waals surface area contributed by atoms with Crippen LogP contribution in [-0.2, 0) is 18.9 Å². The van der Waals surface area contributed by atoms with Crippen LogP contribution in [0.1, 0.15) is 89.5 Å². The molecule has 4 unspecified atom stereocenters. The fourth-order valence-corrected chi connectivity index (χ4v) is 6.49. The van der Waals surface area contributed by atoms with Crippen molar-refractivity contribution in [3.8, 4) is 23.1 Å². The Morgan fingerprint density at radius 1 is 0.523 bits per heavy atom. The summed E-state index contributed by atoms with van der Waals surface area (Å²) >= 11 is 0. The van der Waals surface area contributed by atoms with Crippen LogP contribution in [0.25, 0.3) is 33.5 Å². The van der Waals surface area contributed by atoms with E-state index < -0.39 is 0 Å². The van der Waals surface area contributed by atoms with Crippen LogP contribution in [0.4, 0.5) is 0 Å². The predicted molar refractivity (Wildman–Crippen MR) is 156 cm³/mol. The zero-order valence-electron chi connectivity index (χ0n) is 24.8. The summed E-state index contributed by atoms with van der Waals surface area (Å²) in [7, 11) is 0. The molecule has 8 rings (SSSR count). The van der Waals surface area contributed by atoms with Crippen LogP contribution in [0.2, 0.25) is 0 Å². The molecule has 4 saturated heterocycles. The van der Waals surface area contributed by atoms with Crippen molar-refractivity contribution >= 4 is 22.1 Å². The minimum absolute atomic E-state index is 0.285. The first kappa shape index (κ1) is 28.0. The quantitative estimate of drug-likeness (QED) is 0.284. The zero-order valence-corrected chi connectivity index (χ0v) is 24.8. The molecule has 44 heavy (non-hydrogen) atoms. The van der Waals surface area contributed by atoms with Crippen LogP contribution < -0.4 is 9.47 Å². The van der Waals surface area contributed by atoms with Crippen molar-refractivity contribution in [1.29, 1.82) is 0 Å². The molecule has 0 spiro atoms. The molecule has 0 radical (unpaired) electrons. The van der Waals surface area contributed by atoms with E-state index in [0.29, 0.717) is 71.6 Å². The van der Waals surface area contributed by atoms with Crippen molar-refractivity contribution in [3.05, 3.63) is 12.7 Å². The molecule has 0 saturated carbocycles. The summed E-state index contributed by atoms with van der Waals surface area (Å²) in [5.41, 5.74) is 3.64. The first-order valence-corrected chi connectivity index (χ1v) is 16.1. The van der Waals surface area contributed by atoms with Crippen LogP contribution in [0.3, 0.4) is 0 Å². The highest BCUT2D eigenvalue weighted by Gasteiger charge is 2.32. The molecule has 0 aromatic carbocycles. The average Bonchev–Trinajstić information content (AvgIpc) is 3.67. The highest BCUT2D eigenvalue weighted by atomic mass is 16.7. The fourth-order valence-electron chi connectivity index (χ4n) is 6.49. The maximum atomic E-state index is 6.35. The number of aromatic nitrogens is 8. The van der Waals surface area contributed by atoms with E-state index in [2.05, 4.69) is 9.97 Å². The van der Waals surface area contributed by atoms with Gasteiger partial charge in [-0.25, -0.2) is 19.3 Å². The van der Waals surface area contributed by atoms with E-state index in [9.17, 15) is 0 Å². The number of nitrogens with zero attached hydrogens (tertiary/aromatic N) is 8. The molecule has 4 fully saturated rings. The summed E-state index contributed by atoms with van der Waals surface area (Å²) in [4.78, 5) is 18.5. The lowest BCUT2D eigenvalue weighted by atomic mass is 10.2. The second-order valence-corrected chi connectivity index (χ2v) is 11.8. The molecule has 234 valence electrons. The molecule has 14 nitrogen and oxygen atoms in total. The molecule has 4 aromatic rings. The topological polar surface area (TPSA) is 143 Å². The standard InChI is InChI=1S/C30H38N8O6/c1-5-13-39-19(9-1)37-27-25(31-17-33-29(27)43-21-11-3-7-15-41-21)23(35-37)24-26-28(38(36-24)20-10-2-6-14-40-20)30(34-18-32-26)44-22-12-4-8-16-42-22/h17-22H,1-16H2. The van der Waals surface area contributed by atoms with Gasteiger partial charge in [0, 0.05) is 26.1 Å². The third-order valence-electron chi connectivity index (χ3n) is 8.74. The maximum absolute atomic E-state index is 6.35. The van der Waals surface area contributed by atoms with Gasteiger partial charge in [-0.05, 0) is 64.2 Å². The highest BCUT2D eigenvalue weighted by molar-refractivity contribution is 6.00. The summed E-state index contributed by atoms with van der Waals surface area (Å²) in [6.07, 6.45) is 13.1. The van der Waals surface area contributed by atoms with Crippen molar-refractivity contribution in [2.24, 2.45) is 0 Å². The molecule has 0 N–H and O–H groups in total. The molecule has 0 aliphatic carbocycles. The Morgan fingerprint density at radius 3 is 1.34 bits per heavy atom. The highest BCUT2D eigenvalue weighted by Crippen LogP contribution is 2.40. The molecule has 4 aliphatic rings. The van der Waals surface area contributed by atoms with Crippen LogP contribution in [-0.4, -0.2) is 78.5 Å². The van der Waals surface area contributed by atoms with Crippen LogP contribution in [0, 0.1) is 0 Å². The predicted octanol–water partition coefficient (Wildman–Crippen LogP) is 4.84. The molecule has 14 heteroatoms. The maximum Gasteiger partial charge on any atom is 0.245 e. The second kappa shape index (κ2) is 12.5. The number of hydrogen-bond acceptors (Lipinski definition) is 12. The summed E-state index contributed by atoms with van der Waals surface area (Å²) in [5, 5.41) is 10.2. The van der Waals surface area contributed by atoms with E-state index >= 15 is 0 Å². The first-order valence-electron chi connectivity index (χ1n) is 16.1. The van der Waals surface area contributed by atoms with Gasteiger partial charge in [-0.3, -0.25) is 0 Å². The van der Waals surface area contributed by atoms with Gasteiger partial charge in [-0.1, -0.05) is 0 Å². The van der Waals surface area contributed by atoms with Gasteiger partial charge < -0.3 is 28.4 Å². The van der Waals surface area contributed by atoms with E-state index in [-0.39, 0.29) is 25.0 Å². The molecular formula is C30H38N8O6. The Kier molecular flexibility index (Phi) is 7.97. The van der Waals surface area contributed by atoms with Crippen molar-refractivity contribution < 1.29 is 28.4 Å². The number of ether oxygens (including phenoxy) is 6. The lowest BCUT2D eigenvalue weighted by Crippen LogP contribution is -2.26. The van der Waals surface area contributed by atoms with E-state index in [1.165, 1.54) is 12.7 Å². The molecule has 4 aliphatic heterocycles. The molecule has 4 atom stereocenters. The SMILES string of the molecule is c1nc(OC2CCCCO2)c2c(n1)c(-c1nn(C3CCCCO3)c3c(OC4CCCCO4)ncnc13)nn2C1CCCCO1. The molecule has 0 bridgehead atoms. The van der Waals surface area contributed by atoms with Gasteiger partial charge in [0.15, 0.2) is 23.5 Å². The van der Waals surface area contributed by atoms with Gasteiger partial charge in [0.05, 0.1) is 13.2 Å². The summed E-state index contributed by atoms with van der Waals surface area (Å²) in [5.74, 6) is 0.838. The minimum Gasteiger partial charge on any atom is -0.446 e. The van der Waals surface area contributed by atoms with Crippen molar-refractivity contribution in [1.82, 2.24) is 39.5 Å². The fraction of sp³-hybridized carbons (Fsp3) is 0.667. The summed E-state index contributed by atoms with van der Waals surface area (Å²) in [6, 6.07) is 0. The second-order valence-electron chi connectivity index (χ2n) is 11.8. The molecule has 0 amide bonds. The third-order valence-corrected chi connectivity index (χ3v) is 8.74. The normalized spacial score (nSPS) is 26.6. The smallest absolute Gasteiger partial charge is 0.245 e. The van der Waals surface area contributed by atoms with Crippen LogP contribution in [0.5, 0.6) is 11.8 Å². The van der Waals surface area contributed by atoms with Crippen molar-refractivity contribution in [2.75, 3.05) is 26.4 Å². The molecular weight excluding hydrogens is 568 g/mol. The number of rotatable bonds is 7. The molecule has 8 heterocycles. The van der Waals surface area contributed by atoms with Crippen molar-refractivity contribution in [3.63, 3.8) is 0 Å². The Hall–Kier alpha value is -3.46. The van der Waals surface area contributed by atoms with Crippen LogP contribution >= 0.6 is 0 Å². The summed E-state index contributed by atoms with van der Waals surface area (Å²) in [6.45, 7) is 2.64. The Labute approximate surface area is 254 Å². The Morgan fingerprint density at radius 2 is 0.955 bits per heavy atom. The lowest BCUT2D eigenvalue weighted by Gasteiger charge is -2.25. The lowest BCUT2D eigenvalue weighted by molar-refractivity contribution is -0.107. The number of fused-ring (bicyclic) bond motifs is 2. The van der Waals surface area contributed by atoms with Crippen molar-refractivity contribution in [2.45, 2.75) is 102 Å². The summed E-state index contributed by atoms with van der Waals surface area (Å²) < 4.78 is 40.6. The van der Waals surface area contributed by atoms with Gasteiger partial charge in [0.1, 0.15) is 35.1 Å². The third kappa shape index (κ3) is 5.37. The van der Waals surface area contributed by atoms with E-state index in [0.717, 1.165) is 77.0 Å². The van der Waals surface area contributed by atoms with Crippen LogP contribution in [0.15, 0.2) is 12.7 Å². The van der Waals surface area contributed by atoms with Gasteiger partial charge in [0.2, 0.25) is 24.3 Å². The van der Waals surface area contributed by atoms with Gasteiger partial charge >= 0.3 is 0 Å². The monoisotopic (exact) mass is 606 g/mol. The van der Waals surface area contributed by atoms with E-state index in [4.69, 9.17) is 48.6 Å². The molecule has 4 aromatic heterocycles. The number of hydrogen-bond donors (Lipinski definition) is 0. The van der Waals surface area contributed by atoms with Gasteiger partial charge in [-0.2, -0.15) is 20.2 Å². The Bertz CT molecular complexity index is 1470. The first-order chi connectivity index (χ1) is 21.8. The zero-order chi connectivity index (χ0) is 29.3.